The number of aromatic nitrogens is 2. The number of carbonyl (C=O) groups is 2. The summed E-state index contributed by atoms with van der Waals surface area (Å²) in [5.74, 6) is -0.468. The van der Waals surface area contributed by atoms with Crippen LogP contribution in [0.25, 0.3) is 0 Å². The summed E-state index contributed by atoms with van der Waals surface area (Å²) in [4.78, 5) is 34.5. The number of amides is 2. The number of ether oxygens (including phenoxy) is 1. The Labute approximate surface area is 174 Å². The van der Waals surface area contributed by atoms with Gasteiger partial charge in [-0.15, -0.1) is 0 Å². The second-order valence-corrected chi connectivity index (χ2v) is 6.43. The van der Waals surface area contributed by atoms with Crippen molar-refractivity contribution >= 4 is 34.8 Å². The highest BCUT2D eigenvalue weighted by molar-refractivity contribution is 6.32. The Morgan fingerprint density at radius 3 is 2.73 bits per heavy atom. The molecule has 2 aromatic heterocycles. The maximum absolute atomic E-state index is 12.4. The molecule has 0 unspecified atom stereocenters. The normalized spacial score (nSPS) is 10.5. The minimum Gasteiger partial charge on any atom is -0.484 e. The molecular weight excluding hydrogens is 418 g/mol. The van der Waals surface area contributed by atoms with Gasteiger partial charge in [-0.05, 0) is 18.2 Å². The Morgan fingerprint density at radius 2 is 2.07 bits per heavy atom. The summed E-state index contributed by atoms with van der Waals surface area (Å²) in [7, 11) is 3.08. The van der Waals surface area contributed by atoms with E-state index in [1.165, 1.54) is 48.3 Å². The van der Waals surface area contributed by atoms with Gasteiger partial charge in [0.15, 0.2) is 11.5 Å². The van der Waals surface area contributed by atoms with Crippen LogP contribution in [-0.2, 0) is 13.7 Å². The molecular formula is C18H16ClN5O6. The van der Waals surface area contributed by atoms with Crippen LogP contribution in [0.4, 0.5) is 11.4 Å². The van der Waals surface area contributed by atoms with Gasteiger partial charge in [-0.2, -0.15) is 5.10 Å². The molecule has 0 saturated heterocycles. The average molecular weight is 434 g/mol. The summed E-state index contributed by atoms with van der Waals surface area (Å²) in [6.07, 6.45) is 1.49. The summed E-state index contributed by atoms with van der Waals surface area (Å²) in [6.45, 7) is -0.0544. The van der Waals surface area contributed by atoms with Crippen molar-refractivity contribution in [2.24, 2.45) is 7.05 Å². The Hall–Kier alpha value is -3.86. The molecule has 0 saturated carbocycles. The van der Waals surface area contributed by atoms with E-state index in [-0.39, 0.29) is 40.2 Å². The Balaban J connectivity index is 1.66. The summed E-state index contributed by atoms with van der Waals surface area (Å²) in [6, 6.07) is 6.80. The van der Waals surface area contributed by atoms with Crippen molar-refractivity contribution in [2.45, 2.75) is 6.61 Å². The number of rotatable bonds is 7. The number of aryl methyl sites for hydroxylation is 1. The van der Waals surface area contributed by atoms with Gasteiger partial charge in [-0.3, -0.25) is 24.4 Å². The summed E-state index contributed by atoms with van der Waals surface area (Å²) >= 11 is 5.98. The number of non-ortho nitro benzene ring substituents is 1. The lowest BCUT2D eigenvalue weighted by atomic mass is 10.3. The maximum atomic E-state index is 12.4. The highest BCUT2D eigenvalue weighted by Gasteiger charge is 2.19. The predicted molar refractivity (Wildman–Crippen MR) is 106 cm³/mol. The minimum atomic E-state index is -0.576. The number of hydrogen-bond acceptors (Lipinski definition) is 7. The first kappa shape index (κ1) is 20.9. The van der Waals surface area contributed by atoms with Crippen LogP contribution in [-0.4, -0.2) is 33.6 Å². The fourth-order valence-electron chi connectivity index (χ4n) is 2.50. The van der Waals surface area contributed by atoms with Crippen LogP contribution in [0.1, 0.15) is 26.8 Å². The van der Waals surface area contributed by atoms with Gasteiger partial charge in [0.1, 0.15) is 18.1 Å². The van der Waals surface area contributed by atoms with Gasteiger partial charge in [-0.25, -0.2) is 0 Å². The first-order chi connectivity index (χ1) is 14.3. The van der Waals surface area contributed by atoms with E-state index in [2.05, 4.69) is 15.7 Å². The largest absolute Gasteiger partial charge is 0.484 e. The van der Waals surface area contributed by atoms with Crippen molar-refractivity contribution in [3.63, 3.8) is 0 Å². The second-order valence-electron chi connectivity index (χ2n) is 6.02. The Bertz CT molecular complexity index is 1120. The van der Waals surface area contributed by atoms with Crippen LogP contribution in [0.5, 0.6) is 5.75 Å². The van der Waals surface area contributed by atoms with E-state index < -0.39 is 16.7 Å². The molecule has 0 spiro atoms. The van der Waals surface area contributed by atoms with Crippen molar-refractivity contribution in [3.05, 3.63) is 68.9 Å². The van der Waals surface area contributed by atoms with Gasteiger partial charge in [0.05, 0.1) is 15.6 Å². The van der Waals surface area contributed by atoms with Gasteiger partial charge in [0, 0.05) is 32.4 Å². The first-order valence-electron chi connectivity index (χ1n) is 8.51. The zero-order valence-corrected chi connectivity index (χ0v) is 16.6. The monoisotopic (exact) mass is 433 g/mol. The SMILES string of the molecule is CNC(=O)c1nn(C)cc1NC(=O)c1ccc(COc2ccc([N+](=O)[O-])cc2Cl)o1. The van der Waals surface area contributed by atoms with E-state index in [0.717, 1.165) is 0 Å². The van der Waals surface area contributed by atoms with Gasteiger partial charge in [0.2, 0.25) is 0 Å². The zero-order valence-electron chi connectivity index (χ0n) is 15.8. The van der Waals surface area contributed by atoms with Crippen molar-refractivity contribution in [3.8, 4) is 5.75 Å². The minimum absolute atomic E-state index is 0.00453. The molecule has 0 aliphatic carbocycles. The lowest BCUT2D eigenvalue weighted by Gasteiger charge is -2.06. The molecule has 0 aliphatic rings. The van der Waals surface area contributed by atoms with Crippen molar-refractivity contribution < 1.29 is 23.7 Å². The number of carbonyl (C=O) groups excluding carboxylic acids is 2. The number of anilines is 1. The van der Waals surface area contributed by atoms with E-state index in [9.17, 15) is 19.7 Å². The molecule has 0 aliphatic heterocycles. The molecule has 3 aromatic rings. The number of hydrogen-bond donors (Lipinski definition) is 2. The lowest BCUT2D eigenvalue weighted by molar-refractivity contribution is -0.384. The molecule has 2 heterocycles. The molecule has 30 heavy (non-hydrogen) atoms. The molecule has 11 nitrogen and oxygen atoms in total. The van der Waals surface area contributed by atoms with E-state index in [1.807, 2.05) is 0 Å². The van der Waals surface area contributed by atoms with Crippen LogP contribution >= 0.6 is 11.6 Å². The molecule has 156 valence electrons. The fourth-order valence-corrected chi connectivity index (χ4v) is 2.73. The molecule has 1 aromatic carbocycles. The highest BCUT2D eigenvalue weighted by Crippen LogP contribution is 2.29. The number of benzene rings is 1. The first-order valence-corrected chi connectivity index (χ1v) is 8.88. The molecule has 0 radical (unpaired) electrons. The standard InChI is InChI=1S/C18H16ClN5O6/c1-20-18(26)16-13(8-23(2)22-16)21-17(25)15-6-4-11(30-15)9-29-14-5-3-10(24(27)28)7-12(14)19/h3-8H,9H2,1-2H3,(H,20,26)(H,21,25). The third kappa shape index (κ3) is 4.58. The van der Waals surface area contributed by atoms with E-state index >= 15 is 0 Å². The van der Waals surface area contributed by atoms with Crippen LogP contribution in [0, 0.1) is 10.1 Å². The summed E-state index contributed by atoms with van der Waals surface area (Å²) in [5.41, 5.74) is 0.140. The molecule has 3 rings (SSSR count). The number of nitro benzene ring substituents is 1. The molecule has 12 heteroatoms. The number of halogens is 1. The average Bonchev–Trinajstić information content (AvgIpc) is 3.33. The molecule has 2 amide bonds. The zero-order chi connectivity index (χ0) is 21.8. The number of furan rings is 1. The summed E-state index contributed by atoms with van der Waals surface area (Å²) < 4.78 is 12.3. The molecule has 2 N–H and O–H groups in total. The fraction of sp³-hybridized carbons (Fsp3) is 0.167. The number of nitrogens with zero attached hydrogens (tertiary/aromatic N) is 3. The molecule has 0 fully saturated rings. The van der Waals surface area contributed by atoms with Crippen LogP contribution in [0.15, 0.2) is 40.9 Å². The van der Waals surface area contributed by atoms with Gasteiger partial charge in [-0.1, -0.05) is 11.6 Å². The second kappa shape index (κ2) is 8.66. The quantitative estimate of drug-likeness (QED) is 0.431. The third-order valence-electron chi connectivity index (χ3n) is 3.90. The van der Waals surface area contributed by atoms with E-state index in [0.29, 0.717) is 5.76 Å². The van der Waals surface area contributed by atoms with E-state index in [4.69, 9.17) is 20.8 Å². The third-order valence-corrected chi connectivity index (χ3v) is 4.20. The number of nitrogens with one attached hydrogen (secondary N) is 2. The van der Waals surface area contributed by atoms with Crippen molar-refractivity contribution in [2.75, 3.05) is 12.4 Å². The number of nitro groups is 1. The molecule has 0 atom stereocenters. The van der Waals surface area contributed by atoms with Gasteiger partial charge >= 0.3 is 0 Å². The topological polar surface area (TPSA) is 142 Å². The van der Waals surface area contributed by atoms with Crippen LogP contribution < -0.4 is 15.4 Å². The van der Waals surface area contributed by atoms with E-state index in [1.54, 1.807) is 7.05 Å². The van der Waals surface area contributed by atoms with Crippen LogP contribution in [0.2, 0.25) is 5.02 Å². The van der Waals surface area contributed by atoms with Gasteiger partial charge in [0.25, 0.3) is 17.5 Å². The van der Waals surface area contributed by atoms with Crippen molar-refractivity contribution in [1.29, 1.82) is 0 Å². The predicted octanol–water partition coefficient (Wildman–Crippen LogP) is 2.77. The van der Waals surface area contributed by atoms with Gasteiger partial charge < -0.3 is 19.8 Å². The van der Waals surface area contributed by atoms with Crippen molar-refractivity contribution in [1.82, 2.24) is 15.1 Å². The smallest absolute Gasteiger partial charge is 0.291 e. The highest BCUT2D eigenvalue weighted by atomic mass is 35.5. The molecule has 0 bridgehead atoms. The summed E-state index contributed by atoms with van der Waals surface area (Å²) in [5, 5.41) is 19.8. The lowest BCUT2D eigenvalue weighted by Crippen LogP contribution is -2.21. The van der Waals surface area contributed by atoms with Crippen LogP contribution in [0.3, 0.4) is 0 Å². The maximum Gasteiger partial charge on any atom is 0.291 e. The Morgan fingerprint density at radius 1 is 1.30 bits per heavy atom. The Kier molecular flexibility index (Phi) is 6.02.